The molecule has 0 atom stereocenters. The van der Waals surface area contributed by atoms with Crippen molar-refractivity contribution in [2.24, 2.45) is 0 Å². The van der Waals surface area contributed by atoms with Gasteiger partial charge in [0.05, 0.1) is 19.9 Å². The third-order valence-electron chi connectivity index (χ3n) is 4.85. The van der Waals surface area contributed by atoms with Crippen molar-refractivity contribution in [2.45, 2.75) is 25.7 Å². The first-order valence-electron chi connectivity index (χ1n) is 8.39. The third kappa shape index (κ3) is 2.65. The van der Waals surface area contributed by atoms with Gasteiger partial charge in [-0.3, -0.25) is 4.98 Å². The molecule has 0 radical (unpaired) electrons. The minimum absolute atomic E-state index is 0.500. The number of benzene rings is 1. The maximum absolute atomic E-state index is 5.77. The maximum atomic E-state index is 5.77. The fourth-order valence-electron chi connectivity index (χ4n) is 3.43. The molecular weight excluding hydrogens is 314 g/mol. The van der Waals surface area contributed by atoms with Gasteiger partial charge >= 0.3 is 0 Å². The van der Waals surface area contributed by atoms with Gasteiger partial charge in [0.15, 0.2) is 0 Å². The Balaban J connectivity index is 1.99. The monoisotopic (exact) mass is 335 g/mol. The lowest BCUT2D eigenvalue weighted by Gasteiger charge is -2.19. The highest BCUT2D eigenvalue weighted by atomic mass is 16.5. The summed E-state index contributed by atoms with van der Waals surface area (Å²) >= 11 is 0. The molecule has 1 aliphatic rings. The number of anilines is 1. The summed E-state index contributed by atoms with van der Waals surface area (Å²) in [6, 6.07) is 5.89. The molecule has 3 aromatic rings. The quantitative estimate of drug-likeness (QED) is 0.778. The molecule has 2 aromatic heterocycles. The van der Waals surface area contributed by atoms with Crippen LogP contribution in [0.1, 0.15) is 29.9 Å². The molecule has 1 aliphatic carbocycles. The van der Waals surface area contributed by atoms with Crippen molar-refractivity contribution >= 4 is 16.6 Å². The maximum Gasteiger partial charge on any atom is 0.126 e. The molecule has 0 bridgehead atoms. The van der Waals surface area contributed by atoms with Gasteiger partial charge in [0.2, 0.25) is 0 Å². The minimum atomic E-state index is 0.500. The number of methoxy groups -OCH3 is 2. The minimum Gasteiger partial charge on any atom is -0.496 e. The van der Waals surface area contributed by atoms with Crippen LogP contribution in [0.5, 0.6) is 11.5 Å². The molecule has 0 aliphatic heterocycles. The number of pyridine rings is 2. The first-order valence-corrected chi connectivity index (χ1v) is 8.39. The highest BCUT2D eigenvalue weighted by Gasteiger charge is 2.32. The number of nitrogen functional groups attached to an aromatic ring is 1. The van der Waals surface area contributed by atoms with E-state index in [0.717, 1.165) is 39.1 Å². The highest BCUT2D eigenvalue weighted by Crippen LogP contribution is 2.51. The normalized spacial score (nSPS) is 13.9. The molecule has 2 N–H and O–H groups in total. The third-order valence-corrected chi connectivity index (χ3v) is 4.85. The van der Waals surface area contributed by atoms with Gasteiger partial charge in [0, 0.05) is 45.9 Å². The van der Waals surface area contributed by atoms with E-state index < -0.39 is 0 Å². The number of hydrogen-bond donors (Lipinski definition) is 1. The van der Waals surface area contributed by atoms with E-state index in [4.69, 9.17) is 20.2 Å². The Bertz CT molecular complexity index is 965. The van der Waals surface area contributed by atoms with Crippen LogP contribution in [0.25, 0.3) is 22.0 Å². The second-order valence-corrected chi connectivity index (χ2v) is 6.49. The standard InChI is InChI=1S/C20H21N3O2/c1-11-16(24-2)8-17(25-3)20(12-4-5-12)19(11)15-6-13-10-23-18(21)7-14(13)9-22-15/h6-10,12H,4-5H2,1-3H3,(H2,21,23). The molecular formula is C20H21N3O2. The van der Waals surface area contributed by atoms with E-state index >= 15 is 0 Å². The number of nitrogens with zero attached hydrogens (tertiary/aromatic N) is 2. The second kappa shape index (κ2) is 5.92. The van der Waals surface area contributed by atoms with E-state index in [1.807, 2.05) is 18.3 Å². The zero-order valence-corrected chi connectivity index (χ0v) is 14.7. The molecule has 5 nitrogen and oxygen atoms in total. The number of hydrogen-bond acceptors (Lipinski definition) is 5. The Kier molecular flexibility index (Phi) is 3.71. The fourth-order valence-corrected chi connectivity index (χ4v) is 3.43. The first kappa shape index (κ1) is 15.7. The fraction of sp³-hybridized carbons (Fsp3) is 0.300. The second-order valence-electron chi connectivity index (χ2n) is 6.49. The Hall–Kier alpha value is -2.82. The van der Waals surface area contributed by atoms with Gasteiger partial charge in [-0.15, -0.1) is 0 Å². The van der Waals surface area contributed by atoms with Gasteiger partial charge in [-0.2, -0.15) is 0 Å². The van der Waals surface area contributed by atoms with Gasteiger partial charge in [-0.05, 0) is 37.8 Å². The van der Waals surface area contributed by atoms with Crippen LogP contribution in [0.2, 0.25) is 0 Å². The summed E-state index contributed by atoms with van der Waals surface area (Å²) < 4.78 is 11.2. The van der Waals surface area contributed by atoms with E-state index in [2.05, 4.69) is 18.0 Å². The number of fused-ring (bicyclic) bond motifs is 1. The van der Waals surface area contributed by atoms with Crippen LogP contribution >= 0.6 is 0 Å². The summed E-state index contributed by atoms with van der Waals surface area (Å²) in [7, 11) is 3.39. The van der Waals surface area contributed by atoms with E-state index in [0.29, 0.717) is 11.7 Å². The lowest BCUT2D eigenvalue weighted by atomic mass is 9.93. The van der Waals surface area contributed by atoms with Crippen LogP contribution in [0.15, 0.2) is 30.6 Å². The summed E-state index contributed by atoms with van der Waals surface area (Å²) in [5.41, 5.74) is 10.1. The van der Waals surface area contributed by atoms with Crippen molar-refractivity contribution in [3.63, 3.8) is 0 Å². The predicted octanol–water partition coefficient (Wildman–Crippen LogP) is 4.08. The lowest BCUT2D eigenvalue weighted by molar-refractivity contribution is 0.389. The summed E-state index contributed by atoms with van der Waals surface area (Å²) in [6.07, 6.45) is 6.01. The lowest BCUT2D eigenvalue weighted by Crippen LogP contribution is -2.01. The molecule has 2 heterocycles. The molecule has 1 saturated carbocycles. The number of nitrogens with two attached hydrogens (primary N) is 1. The molecule has 1 fully saturated rings. The zero-order chi connectivity index (χ0) is 17.6. The van der Waals surface area contributed by atoms with Gasteiger partial charge in [-0.25, -0.2) is 4.98 Å². The molecule has 5 heteroatoms. The van der Waals surface area contributed by atoms with Crippen LogP contribution < -0.4 is 15.2 Å². The average molecular weight is 335 g/mol. The number of rotatable bonds is 4. The van der Waals surface area contributed by atoms with Crippen LogP contribution in [-0.2, 0) is 0 Å². The van der Waals surface area contributed by atoms with E-state index in [1.54, 1.807) is 20.4 Å². The van der Waals surface area contributed by atoms with Crippen LogP contribution in [0.4, 0.5) is 5.82 Å². The molecule has 0 saturated heterocycles. The Labute approximate surface area is 146 Å². The molecule has 128 valence electrons. The summed E-state index contributed by atoms with van der Waals surface area (Å²) in [6.45, 7) is 2.08. The largest absolute Gasteiger partial charge is 0.496 e. The molecule has 0 unspecified atom stereocenters. The van der Waals surface area contributed by atoms with Crippen molar-refractivity contribution in [3.8, 4) is 22.8 Å². The summed E-state index contributed by atoms with van der Waals surface area (Å²) in [5, 5.41) is 2.00. The Morgan fingerprint density at radius 2 is 1.64 bits per heavy atom. The van der Waals surface area contributed by atoms with Gasteiger partial charge < -0.3 is 15.2 Å². The zero-order valence-electron chi connectivity index (χ0n) is 14.7. The SMILES string of the molecule is COc1cc(OC)c(C2CC2)c(-c2cc3cnc(N)cc3cn2)c1C. The van der Waals surface area contributed by atoms with Crippen LogP contribution in [-0.4, -0.2) is 24.2 Å². The Morgan fingerprint density at radius 3 is 2.32 bits per heavy atom. The predicted molar refractivity (Wildman–Crippen MR) is 99.2 cm³/mol. The van der Waals surface area contributed by atoms with Gasteiger partial charge in [-0.1, -0.05) is 0 Å². The van der Waals surface area contributed by atoms with Crippen LogP contribution in [0, 0.1) is 6.92 Å². The van der Waals surface area contributed by atoms with Crippen LogP contribution in [0.3, 0.4) is 0 Å². The average Bonchev–Trinajstić information content (AvgIpc) is 3.45. The molecule has 0 amide bonds. The van der Waals surface area contributed by atoms with Crippen molar-refractivity contribution < 1.29 is 9.47 Å². The number of ether oxygens (including phenoxy) is 2. The topological polar surface area (TPSA) is 70.3 Å². The molecule has 1 aromatic carbocycles. The highest BCUT2D eigenvalue weighted by molar-refractivity contribution is 5.88. The first-order chi connectivity index (χ1) is 12.1. The van der Waals surface area contributed by atoms with Crippen molar-refractivity contribution in [1.82, 2.24) is 9.97 Å². The summed E-state index contributed by atoms with van der Waals surface area (Å²) in [5.74, 6) is 2.71. The van der Waals surface area contributed by atoms with Gasteiger partial charge in [0.25, 0.3) is 0 Å². The van der Waals surface area contributed by atoms with E-state index in [-0.39, 0.29) is 0 Å². The van der Waals surface area contributed by atoms with Crippen molar-refractivity contribution in [2.75, 3.05) is 20.0 Å². The summed E-state index contributed by atoms with van der Waals surface area (Å²) in [4.78, 5) is 8.91. The van der Waals surface area contributed by atoms with E-state index in [1.165, 1.54) is 18.4 Å². The number of aromatic nitrogens is 2. The molecule has 4 rings (SSSR count). The smallest absolute Gasteiger partial charge is 0.126 e. The van der Waals surface area contributed by atoms with Crippen molar-refractivity contribution in [1.29, 1.82) is 0 Å². The van der Waals surface area contributed by atoms with Gasteiger partial charge in [0.1, 0.15) is 17.3 Å². The van der Waals surface area contributed by atoms with E-state index in [9.17, 15) is 0 Å². The van der Waals surface area contributed by atoms with Crippen molar-refractivity contribution in [3.05, 3.63) is 41.7 Å². The Morgan fingerprint density at radius 1 is 0.960 bits per heavy atom. The molecule has 0 spiro atoms. The molecule has 25 heavy (non-hydrogen) atoms.